The van der Waals surface area contributed by atoms with Gasteiger partial charge in [-0.3, -0.25) is 0 Å². The molecule has 9 nitrogen and oxygen atoms in total. The van der Waals surface area contributed by atoms with Crippen LogP contribution in [0, 0.1) is 11.7 Å². The summed E-state index contributed by atoms with van der Waals surface area (Å²) < 4.78 is 41.6. The number of anilines is 1. The highest BCUT2D eigenvalue weighted by Gasteiger charge is 2.28. The maximum Gasteiger partial charge on any atom is 0.223 e. The summed E-state index contributed by atoms with van der Waals surface area (Å²) in [6.07, 6.45) is 5.63. The Hall–Kier alpha value is -2.11. The van der Waals surface area contributed by atoms with Gasteiger partial charge in [0.25, 0.3) is 0 Å². The van der Waals surface area contributed by atoms with E-state index in [0.29, 0.717) is 30.5 Å². The number of imidazole rings is 1. The van der Waals surface area contributed by atoms with Crippen molar-refractivity contribution in [3.63, 3.8) is 0 Å². The van der Waals surface area contributed by atoms with Crippen LogP contribution in [0.2, 0.25) is 0 Å². The number of H-pyrrole nitrogens is 1. The molecule has 172 valence electrons. The van der Waals surface area contributed by atoms with Crippen LogP contribution in [-0.4, -0.2) is 71.7 Å². The predicted molar refractivity (Wildman–Crippen MR) is 119 cm³/mol. The van der Waals surface area contributed by atoms with Crippen LogP contribution in [-0.2, 0) is 16.4 Å². The number of rotatable bonds is 10. The second-order valence-corrected chi connectivity index (χ2v) is 10.7. The first-order valence-electron chi connectivity index (χ1n) is 10.6. The van der Waals surface area contributed by atoms with Crippen molar-refractivity contribution in [2.45, 2.75) is 51.6 Å². The van der Waals surface area contributed by atoms with E-state index in [2.05, 4.69) is 43.8 Å². The van der Waals surface area contributed by atoms with Crippen molar-refractivity contribution in [1.29, 1.82) is 0 Å². The minimum Gasteiger partial charge on any atom is -0.351 e. The van der Waals surface area contributed by atoms with E-state index >= 15 is 0 Å². The maximum absolute atomic E-state index is 14.3. The van der Waals surface area contributed by atoms with Gasteiger partial charge in [-0.25, -0.2) is 32.5 Å². The van der Waals surface area contributed by atoms with Gasteiger partial charge in [-0.15, -0.1) is 0 Å². The number of sulfonamides is 1. The zero-order valence-corrected chi connectivity index (χ0v) is 19.3. The number of halogens is 1. The van der Waals surface area contributed by atoms with E-state index in [9.17, 15) is 12.8 Å². The molecule has 0 spiro atoms. The van der Waals surface area contributed by atoms with E-state index in [1.54, 1.807) is 6.20 Å². The van der Waals surface area contributed by atoms with Crippen molar-refractivity contribution in [2.75, 3.05) is 31.7 Å². The van der Waals surface area contributed by atoms with Crippen LogP contribution in [0.1, 0.15) is 38.9 Å². The fraction of sp³-hybridized carbons (Fsp3) is 0.650. The summed E-state index contributed by atoms with van der Waals surface area (Å²) in [4.78, 5) is 17.7. The zero-order valence-electron chi connectivity index (χ0n) is 18.5. The van der Waals surface area contributed by atoms with Gasteiger partial charge in [-0.05, 0) is 39.3 Å². The van der Waals surface area contributed by atoms with Crippen molar-refractivity contribution in [3.05, 3.63) is 24.0 Å². The van der Waals surface area contributed by atoms with Crippen LogP contribution in [0.15, 0.2) is 12.4 Å². The molecule has 3 N–H and O–H groups in total. The molecule has 3 rings (SSSR count). The van der Waals surface area contributed by atoms with Crippen molar-refractivity contribution in [3.8, 4) is 11.4 Å². The summed E-state index contributed by atoms with van der Waals surface area (Å²) >= 11 is 0. The SMILES string of the molecule is CC(C)Cc1ncc(-c2nc(NC3CCC(NS(=O)(=O)CCN(C)C)C3)ncc2F)[nH]1. The number of aromatic amines is 1. The highest BCUT2D eigenvalue weighted by atomic mass is 32.2. The van der Waals surface area contributed by atoms with Crippen LogP contribution < -0.4 is 10.0 Å². The number of nitrogens with zero attached hydrogens (tertiary/aromatic N) is 4. The van der Waals surface area contributed by atoms with Crippen LogP contribution in [0.3, 0.4) is 0 Å². The Labute approximate surface area is 183 Å². The van der Waals surface area contributed by atoms with Gasteiger partial charge < -0.3 is 15.2 Å². The van der Waals surface area contributed by atoms with E-state index in [-0.39, 0.29) is 23.5 Å². The largest absolute Gasteiger partial charge is 0.351 e. The summed E-state index contributed by atoms with van der Waals surface area (Å²) in [5.74, 6) is 1.09. The third-order valence-corrected chi connectivity index (χ3v) is 6.56. The average Bonchev–Trinajstić information content (AvgIpc) is 3.30. The lowest BCUT2D eigenvalue weighted by Gasteiger charge is -2.16. The first-order valence-corrected chi connectivity index (χ1v) is 12.2. The molecule has 0 bridgehead atoms. The molecule has 1 aliphatic rings. The number of nitrogens with one attached hydrogen (secondary N) is 3. The Balaban J connectivity index is 1.61. The molecular formula is C20H32FN7O2S. The molecule has 11 heteroatoms. The summed E-state index contributed by atoms with van der Waals surface area (Å²) in [7, 11) is 0.365. The first kappa shape index (κ1) is 23.6. The summed E-state index contributed by atoms with van der Waals surface area (Å²) in [5.41, 5.74) is 0.676. The van der Waals surface area contributed by atoms with E-state index < -0.39 is 15.8 Å². The minimum absolute atomic E-state index is 0.0122. The fourth-order valence-electron chi connectivity index (χ4n) is 3.62. The van der Waals surface area contributed by atoms with E-state index in [1.807, 2.05) is 19.0 Å². The van der Waals surface area contributed by atoms with Gasteiger partial charge in [0.1, 0.15) is 11.5 Å². The van der Waals surface area contributed by atoms with Crippen molar-refractivity contribution in [1.82, 2.24) is 29.6 Å². The molecule has 1 fully saturated rings. The standard InChI is InChI=1S/C20H32FN7O2S/c1-13(2)9-18-22-12-17(25-18)19-16(21)11-23-20(26-19)24-14-5-6-15(10-14)27-31(29,30)8-7-28(3)4/h11-15,27H,5-10H2,1-4H3,(H,22,25)(H,23,24,26). The molecule has 1 aliphatic carbocycles. The van der Waals surface area contributed by atoms with Crippen molar-refractivity contribution < 1.29 is 12.8 Å². The number of aromatic nitrogens is 4. The van der Waals surface area contributed by atoms with Crippen LogP contribution in [0.5, 0.6) is 0 Å². The van der Waals surface area contributed by atoms with Crippen molar-refractivity contribution >= 4 is 16.0 Å². The molecule has 2 unspecified atom stereocenters. The molecule has 31 heavy (non-hydrogen) atoms. The van der Waals surface area contributed by atoms with Crippen molar-refractivity contribution in [2.24, 2.45) is 5.92 Å². The highest BCUT2D eigenvalue weighted by molar-refractivity contribution is 7.89. The summed E-state index contributed by atoms with van der Waals surface area (Å²) in [6, 6.07) is -0.117. The zero-order chi connectivity index (χ0) is 22.6. The molecule has 0 amide bonds. The van der Waals surface area contributed by atoms with Crippen LogP contribution >= 0.6 is 0 Å². The first-order chi connectivity index (χ1) is 14.6. The summed E-state index contributed by atoms with van der Waals surface area (Å²) in [6.45, 7) is 4.65. The number of hydrogen-bond acceptors (Lipinski definition) is 7. The monoisotopic (exact) mass is 453 g/mol. The molecule has 2 aromatic rings. The molecule has 2 aromatic heterocycles. The molecular weight excluding hydrogens is 421 g/mol. The Bertz CT molecular complexity index is 978. The van der Waals surface area contributed by atoms with Gasteiger partial charge in [-0.2, -0.15) is 0 Å². The molecule has 0 aliphatic heterocycles. The third kappa shape index (κ3) is 6.94. The van der Waals surface area contributed by atoms with Gasteiger partial charge in [0.15, 0.2) is 5.82 Å². The molecule has 0 aromatic carbocycles. The average molecular weight is 454 g/mol. The quantitative estimate of drug-likeness (QED) is 0.504. The Morgan fingerprint density at radius 1 is 1.23 bits per heavy atom. The summed E-state index contributed by atoms with van der Waals surface area (Å²) in [5, 5.41) is 3.22. The lowest BCUT2D eigenvalue weighted by molar-refractivity contribution is 0.430. The van der Waals surface area contributed by atoms with Gasteiger partial charge in [0.05, 0.1) is 23.8 Å². The third-order valence-electron chi connectivity index (χ3n) is 5.15. The van der Waals surface area contributed by atoms with Gasteiger partial charge in [0.2, 0.25) is 16.0 Å². The maximum atomic E-state index is 14.3. The van der Waals surface area contributed by atoms with E-state index in [4.69, 9.17) is 0 Å². The second-order valence-electron chi connectivity index (χ2n) is 8.82. The lowest BCUT2D eigenvalue weighted by atomic mass is 10.1. The predicted octanol–water partition coefficient (Wildman–Crippen LogP) is 2.02. The van der Waals surface area contributed by atoms with Gasteiger partial charge in [0, 0.05) is 25.0 Å². The lowest BCUT2D eigenvalue weighted by Crippen LogP contribution is -2.38. The smallest absolute Gasteiger partial charge is 0.223 e. The molecule has 1 saturated carbocycles. The molecule has 2 heterocycles. The Kier molecular flexibility index (Phi) is 7.60. The minimum atomic E-state index is -3.32. The topological polar surface area (TPSA) is 116 Å². The molecule has 0 radical (unpaired) electrons. The van der Waals surface area contributed by atoms with Gasteiger partial charge >= 0.3 is 0 Å². The van der Waals surface area contributed by atoms with E-state index in [0.717, 1.165) is 31.3 Å². The second kappa shape index (κ2) is 10.0. The number of hydrogen-bond donors (Lipinski definition) is 3. The Morgan fingerprint density at radius 2 is 1.97 bits per heavy atom. The Morgan fingerprint density at radius 3 is 2.68 bits per heavy atom. The normalized spacial score (nSPS) is 19.5. The fourth-order valence-corrected chi connectivity index (χ4v) is 5.06. The highest BCUT2D eigenvalue weighted by Crippen LogP contribution is 2.25. The van der Waals surface area contributed by atoms with Crippen LogP contribution in [0.25, 0.3) is 11.4 Å². The van der Waals surface area contributed by atoms with Gasteiger partial charge in [-0.1, -0.05) is 13.8 Å². The van der Waals surface area contributed by atoms with E-state index in [1.165, 1.54) is 0 Å². The molecule has 2 atom stereocenters. The molecule has 0 saturated heterocycles. The van der Waals surface area contributed by atoms with Crippen LogP contribution in [0.4, 0.5) is 10.3 Å².